The minimum atomic E-state index is -0.824. The topological polar surface area (TPSA) is 37.3 Å². The molecule has 0 radical (unpaired) electrons. The summed E-state index contributed by atoms with van der Waals surface area (Å²) in [5, 5.41) is 8.89. The standard InChI is InChI=1S/C20H30O2/c1-13(11-18(21)22)5-7-16-14(2)6-8-17-19(16,3)10-9-15-12-20(15,17)4/h11,15-17H,2,5-10,12H2,1,3-4H3,(H,21,22)/b13-11+/t15-,16+,17-,19-,20+/m1/s1. The van der Waals surface area contributed by atoms with E-state index in [0.717, 1.165) is 30.3 Å². The summed E-state index contributed by atoms with van der Waals surface area (Å²) in [5.41, 5.74) is 3.39. The predicted octanol–water partition coefficient (Wildman–Crippen LogP) is 5.21. The van der Waals surface area contributed by atoms with Crippen molar-refractivity contribution in [2.75, 3.05) is 0 Å². The van der Waals surface area contributed by atoms with E-state index in [1.54, 1.807) is 0 Å². The lowest BCUT2D eigenvalue weighted by atomic mass is 9.50. The Morgan fingerprint density at radius 1 is 1.36 bits per heavy atom. The molecule has 0 saturated heterocycles. The molecule has 2 nitrogen and oxygen atoms in total. The van der Waals surface area contributed by atoms with Crippen LogP contribution in [0.5, 0.6) is 0 Å². The molecule has 3 aliphatic rings. The molecule has 122 valence electrons. The highest BCUT2D eigenvalue weighted by molar-refractivity contribution is 5.80. The van der Waals surface area contributed by atoms with Crippen LogP contribution in [0, 0.1) is 28.6 Å². The van der Waals surface area contributed by atoms with Crippen molar-refractivity contribution in [1.29, 1.82) is 0 Å². The average molecular weight is 302 g/mol. The molecule has 3 saturated carbocycles. The molecule has 22 heavy (non-hydrogen) atoms. The van der Waals surface area contributed by atoms with Crippen LogP contribution in [0.1, 0.15) is 65.7 Å². The van der Waals surface area contributed by atoms with Gasteiger partial charge in [0.1, 0.15) is 0 Å². The highest BCUT2D eigenvalue weighted by Crippen LogP contribution is 2.73. The first kappa shape index (κ1) is 15.8. The zero-order valence-electron chi connectivity index (χ0n) is 14.3. The summed E-state index contributed by atoms with van der Waals surface area (Å²) in [5.74, 6) is 1.57. The van der Waals surface area contributed by atoms with Gasteiger partial charge in [0.25, 0.3) is 0 Å². The Morgan fingerprint density at radius 3 is 2.77 bits per heavy atom. The fourth-order valence-electron chi connectivity index (χ4n) is 5.98. The van der Waals surface area contributed by atoms with Gasteiger partial charge < -0.3 is 5.11 Å². The van der Waals surface area contributed by atoms with Crippen LogP contribution in [0.3, 0.4) is 0 Å². The Hall–Kier alpha value is -1.05. The van der Waals surface area contributed by atoms with Crippen LogP contribution in [0.4, 0.5) is 0 Å². The van der Waals surface area contributed by atoms with Crippen molar-refractivity contribution in [3.63, 3.8) is 0 Å². The Morgan fingerprint density at radius 2 is 2.09 bits per heavy atom. The van der Waals surface area contributed by atoms with Gasteiger partial charge in [0.2, 0.25) is 0 Å². The molecule has 1 N–H and O–H groups in total. The van der Waals surface area contributed by atoms with Crippen LogP contribution in [0.2, 0.25) is 0 Å². The Balaban J connectivity index is 1.76. The molecule has 0 aromatic heterocycles. The van der Waals surface area contributed by atoms with E-state index in [9.17, 15) is 4.79 Å². The van der Waals surface area contributed by atoms with E-state index in [-0.39, 0.29) is 0 Å². The lowest BCUT2D eigenvalue weighted by Crippen LogP contribution is -2.46. The summed E-state index contributed by atoms with van der Waals surface area (Å²) in [6.07, 6.45) is 9.98. The molecular weight excluding hydrogens is 272 g/mol. The van der Waals surface area contributed by atoms with Crippen molar-refractivity contribution in [3.05, 3.63) is 23.8 Å². The molecule has 0 aliphatic heterocycles. The van der Waals surface area contributed by atoms with Gasteiger partial charge in [-0.3, -0.25) is 0 Å². The van der Waals surface area contributed by atoms with E-state index in [1.165, 1.54) is 43.8 Å². The van der Waals surface area contributed by atoms with Gasteiger partial charge in [-0.25, -0.2) is 4.79 Å². The summed E-state index contributed by atoms with van der Waals surface area (Å²) >= 11 is 0. The summed E-state index contributed by atoms with van der Waals surface area (Å²) in [4.78, 5) is 10.8. The minimum absolute atomic E-state index is 0.389. The van der Waals surface area contributed by atoms with E-state index in [1.807, 2.05) is 6.92 Å². The third-order valence-electron chi connectivity index (χ3n) is 7.32. The third kappa shape index (κ3) is 2.45. The average Bonchev–Trinajstić information content (AvgIpc) is 3.08. The molecule has 5 atom stereocenters. The smallest absolute Gasteiger partial charge is 0.328 e. The second kappa shape index (κ2) is 5.25. The number of hydrogen-bond acceptors (Lipinski definition) is 1. The first-order valence-electron chi connectivity index (χ1n) is 8.85. The molecule has 2 heteroatoms. The summed E-state index contributed by atoms with van der Waals surface area (Å²) in [6, 6.07) is 0. The number of aliphatic carboxylic acids is 1. The molecule has 0 spiro atoms. The van der Waals surface area contributed by atoms with Gasteiger partial charge in [0.05, 0.1) is 0 Å². The first-order valence-corrected chi connectivity index (χ1v) is 8.85. The minimum Gasteiger partial charge on any atom is -0.478 e. The monoisotopic (exact) mass is 302 g/mol. The summed E-state index contributed by atoms with van der Waals surface area (Å²) < 4.78 is 0. The van der Waals surface area contributed by atoms with E-state index in [2.05, 4.69) is 20.4 Å². The number of hydrogen-bond donors (Lipinski definition) is 1. The molecular formula is C20H30O2. The van der Waals surface area contributed by atoms with Crippen LogP contribution in [0.15, 0.2) is 23.8 Å². The molecule has 0 aromatic rings. The lowest BCUT2D eigenvalue weighted by molar-refractivity contribution is -0.131. The maximum absolute atomic E-state index is 10.8. The van der Waals surface area contributed by atoms with Crippen molar-refractivity contribution >= 4 is 5.97 Å². The number of carboxylic acids is 1. The van der Waals surface area contributed by atoms with Gasteiger partial charge in [-0.05, 0) is 80.5 Å². The SMILES string of the molecule is C=C1CC[C@H]2[C@@]3(C)C[C@H]3CC[C@]2(C)[C@H]1CC/C(C)=C/C(=O)O. The van der Waals surface area contributed by atoms with Gasteiger partial charge in [-0.1, -0.05) is 31.6 Å². The van der Waals surface area contributed by atoms with Gasteiger partial charge >= 0.3 is 5.97 Å². The molecule has 0 heterocycles. The van der Waals surface area contributed by atoms with Crippen LogP contribution < -0.4 is 0 Å². The van der Waals surface area contributed by atoms with Crippen LogP contribution >= 0.6 is 0 Å². The predicted molar refractivity (Wildman–Crippen MR) is 89.5 cm³/mol. The third-order valence-corrected chi connectivity index (χ3v) is 7.32. The van der Waals surface area contributed by atoms with Crippen LogP contribution in [-0.2, 0) is 4.79 Å². The zero-order chi connectivity index (χ0) is 16.1. The van der Waals surface area contributed by atoms with Gasteiger partial charge in [-0.2, -0.15) is 0 Å². The molecule has 0 aromatic carbocycles. The van der Waals surface area contributed by atoms with Crippen molar-refractivity contribution in [3.8, 4) is 0 Å². The molecule has 3 rings (SSSR count). The van der Waals surface area contributed by atoms with E-state index in [4.69, 9.17) is 5.11 Å². The fourth-order valence-corrected chi connectivity index (χ4v) is 5.98. The number of fused-ring (bicyclic) bond motifs is 3. The second-order valence-electron chi connectivity index (χ2n) is 8.62. The fraction of sp³-hybridized carbons (Fsp3) is 0.750. The number of carbonyl (C=O) groups is 1. The first-order chi connectivity index (χ1) is 10.3. The van der Waals surface area contributed by atoms with Crippen molar-refractivity contribution in [2.24, 2.45) is 28.6 Å². The molecule has 3 aliphatic carbocycles. The van der Waals surface area contributed by atoms with Crippen molar-refractivity contribution < 1.29 is 9.90 Å². The zero-order valence-corrected chi connectivity index (χ0v) is 14.3. The normalized spacial score (nSPS) is 44.2. The molecule has 3 fully saturated rings. The Bertz CT molecular complexity index is 532. The summed E-state index contributed by atoms with van der Waals surface area (Å²) in [6.45, 7) is 11.4. The van der Waals surface area contributed by atoms with Crippen LogP contribution in [0.25, 0.3) is 0 Å². The lowest BCUT2D eigenvalue weighted by Gasteiger charge is -2.54. The van der Waals surface area contributed by atoms with Gasteiger partial charge in [0, 0.05) is 6.08 Å². The quantitative estimate of drug-likeness (QED) is 0.572. The molecule has 0 unspecified atom stereocenters. The van der Waals surface area contributed by atoms with E-state index >= 15 is 0 Å². The van der Waals surface area contributed by atoms with Crippen molar-refractivity contribution in [2.45, 2.75) is 65.7 Å². The Labute approximate surface area is 134 Å². The highest BCUT2D eigenvalue weighted by Gasteiger charge is 2.64. The highest BCUT2D eigenvalue weighted by atomic mass is 16.4. The maximum Gasteiger partial charge on any atom is 0.328 e. The Kier molecular flexibility index (Phi) is 3.78. The van der Waals surface area contributed by atoms with E-state index in [0.29, 0.717) is 16.7 Å². The second-order valence-corrected chi connectivity index (χ2v) is 8.62. The number of rotatable bonds is 4. The number of allylic oxidation sites excluding steroid dienone is 2. The van der Waals surface area contributed by atoms with E-state index < -0.39 is 5.97 Å². The molecule has 0 amide bonds. The van der Waals surface area contributed by atoms with Gasteiger partial charge in [-0.15, -0.1) is 0 Å². The van der Waals surface area contributed by atoms with Crippen LogP contribution in [-0.4, -0.2) is 11.1 Å². The number of carboxylic acid groups (broad SMARTS) is 1. The van der Waals surface area contributed by atoms with Crippen molar-refractivity contribution in [1.82, 2.24) is 0 Å². The molecule has 0 bridgehead atoms. The maximum atomic E-state index is 10.8. The summed E-state index contributed by atoms with van der Waals surface area (Å²) in [7, 11) is 0. The van der Waals surface area contributed by atoms with Gasteiger partial charge in [0.15, 0.2) is 0 Å². The largest absolute Gasteiger partial charge is 0.478 e.